The van der Waals surface area contributed by atoms with Crippen LogP contribution >= 0.6 is 0 Å². The van der Waals surface area contributed by atoms with Crippen LogP contribution in [0.2, 0.25) is 0 Å². The second-order valence-electron chi connectivity index (χ2n) is 10.9. The molecule has 0 saturated carbocycles. The molecule has 2 aromatic carbocycles. The van der Waals surface area contributed by atoms with E-state index < -0.39 is 22.0 Å². The highest BCUT2D eigenvalue weighted by Gasteiger charge is 2.31. The summed E-state index contributed by atoms with van der Waals surface area (Å²) in [4.78, 5) is 30.3. The molecule has 0 aromatic heterocycles. The Balaban J connectivity index is 1.95. The number of hydrogen-bond acceptors (Lipinski definition) is 7. The van der Waals surface area contributed by atoms with Gasteiger partial charge in [0.25, 0.3) is 11.8 Å². The Morgan fingerprint density at radius 3 is 2.54 bits per heavy atom. The van der Waals surface area contributed by atoms with Gasteiger partial charge < -0.3 is 24.4 Å². The number of rotatable bonds is 7. The van der Waals surface area contributed by atoms with E-state index in [0.29, 0.717) is 24.5 Å². The number of nitrogens with zero attached hydrogens (tertiary/aromatic N) is 2. The molecule has 0 saturated heterocycles. The molecule has 3 rings (SSSR count). The van der Waals surface area contributed by atoms with Crippen molar-refractivity contribution >= 4 is 27.5 Å². The second kappa shape index (κ2) is 14.7. The summed E-state index contributed by atoms with van der Waals surface area (Å²) < 4.78 is 38.7. The maximum absolute atomic E-state index is 14.1. The Morgan fingerprint density at radius 1 is 1.17 bits per heavy atom. The number of carbonyl (C=O) groups excluding carboxylic acids is 2. The van der Waals surface area contributed by atoms with Gasteiger partial charge >= 0.3 is 0 Å². The van der Waals surface area contributed by atoms with E-state index in [9.17, 15) is 23.1 Å². The van der Waals surface area contributed by atoms with Gasteiger partial charge in [0.05, 0.1) is 36.7 Å². The zero-order valence-corrected chi connectivity index (χ0v) is 25.4. The molecule has 1 heterocycles. The number of amides is 2. The molecule has 2 N–H and O–H groups in total. The number of hydrogen-bond donors (Lipinski definition) is 2. The lowest BCUT2D eigenvalue weighted by Gasteiger charge is -2.36. The third-order valence-electron chi connectivity index (χ3n) is 7.18. The molecule has 0 aliphatic carbocycles. The van der Waals surface area contributed by atoms with Gasteiger partial charge in [-0.2, -0.15) is 0 Å². The molecule has 0 radical (unpaired) electrons. The van der Waals surface area contributed by atoms with Gasteiger partial charge in [0, 0.05) is 43.9 Å². The van der Waals surface area contributed by atoms with Crippen molar-refractivity contribution in [2.24, 2.45) is 5.92 Å². The van der Waals surface area contributed by atoms with Crippen LogP contribution in [0.5, 0.6) is 5.75 Å². The molecule has 0 unspecified atom stereocenters. The summed E-state index contributed by atoms with van der Waals surface area (Å²) >= 11 is 0. The number of ether oxygens (including phenoxy) is 2. The summed E-state index contributed by atoms with van der Waals surface area (Å²) in [5.41, 5.74) is 1.02. The fraction of sp³-hybridized carbons (Fsp3) is 0.533. The zero-order chi connectivity index (χ0) is 30.2. The predicted molar refractivity (Wildman–Crippen MR) is 159 cm³/mol. The number of nitrogens with one attached hydrogen (secondary N) is 1. The van der Waals surface area contributed by atoms with Crippen molar-refractivity contribution in [1.29, 1.82) is 0 Å². The van der Waals surface area contributed by atoms with Gasteiger partial charge in [0.2, 0.25) is 10.0 Å². The van der Waals surface area contributed by atoms with E-state index in [-0.39, 0.29) is 48.4 Å². The van der Waals surface area contributed by atoms with Crippen molar-refractivity contribution in [2.45, 2.75) is 58.3 Å². The van der Waals surface area contributed by atoms with Gasteiger partial charge in [-0.15, -0.1) is 0 Å². The van der Waals surface area contributed by atoms with Crippen molar-refractivity contribution in [3.63, 3.8) is 0 Å². The van der Waals surface area contributed by atoms with E-state index >= 15 is 0 Å². The summed E-state index contributed by atoms with van der Waals surface area (Å²) in [6, 6.07) is 13.1. The molecule has 41 heavy (non-hydrogen) atoms. The van der Waals surface area contributed by atoms with Crippen LogP contribution in [0.25, 0.3) is 0 Å². The van der Waals surface area contributed by atoms with Crippen LogP contribution in [0.1, 0.15) is 60.7 Å². The lowest BCUT2D eigenvalue weighted by atomic mass is 10.0. The Morgan fingerprint density at radius 2 is 1.88 bits per heavy atom. The summed E-state index contributed by atoms with van der Waals surface area (Å²) in [6.07, 6.45) is 2.83. The molecule has 11 heteroatoms. The fourth-order valence-corrected chi connectivity index (χ4v) is 5.37. The number of likely N-dealkylation sites (N-methyl/N-ethyl adjacent to an activating group) is 1. The smallest absolute Gasteiger partial charge is 0.258 e. The highest BCUT2D eigenvalue weighted by atomic mass is 32.2. The van der Waals surface area contributed by atoms with E-state index in [1.165, 1.54) is 6.07 Å². The molecule has 2 aromatic rings. The standard InChI is InChI=1S/C30H43N3O7S/c1-21-18-33(22(2)20-34)30(36)26-17-25(31-41(5,37)38)14-15-27(26)40-23(3)11-9-10-16-39-28(21)19-32(4)29(35)24-12-7-6-8-13-24/h6-8,12-15,17,21-23,28,31,34H,9-11,16,18-20H2,1-5H3/t21-,22+,23+,28+/m0/s1. The SMILES string of the molecule is C[C@@H]1CCCCO[C@H](CN(C)C(=O)c2ccccc2)[C@@H](C)CN([C@H](C)CO)C(=O)c2cc(NS(C)(=O)=O)ccc2O1. The quantitative estimate of drug-likeness (QED) is 0.505. The number of benzene rings is 2. The Kier molecular flexibility index (Phi) is 11.6. The van der Waals surface area contributed by atoms with Crippen LogP contribution in [-0.4, -0.2) is 93.0 Å². The average Bonchev–Trinajstić information content (AvgIpc) is 2.93. The van der Waals surface area contributed by atoms with E-state index in [1.54, 1.807) is 48.0 Å². The van der Waals surface area contributed by atoms with Gasteiger partial charge in [-0.3, -0.25) is 14.3 Å². The number of carbonyl (C=O) groups is 2. The van der Waals surface area contributed by atoms with E-state index in [2.05, 4.69) is 4.72 Å². The molecular formula is C30H43N3O7S. The molecule has 0 fully saturated rings. The maximum atomic E-state index is 14.1. The summed E-state index contributed by atoms with van der Waals surface area (Å²) in [7, 11) is -1.84. The molecular weight excluding hydrogens is 546 g/mol. The molecule has 10 nitrogen and oxygen atoms in total. The highest BCUT2D eigenvalue weighted by Crippen LogP contribution is 2.29. The molecule has 226 valence electrons. The van der Waals surface area contributed by atoms with Gasteiger partial charge in [0.1, 0.15) is 5.75 Å². The first kappa shape index (κ1) is 32.4. The van der Waals surface area contributed by atoms with Crippen molar-refractivity contribution in [3.8, 4) is 5.75 Å². The van der Waals surface area contributed by atoms with Gasteiger partial charge in [-0.25, -0.2) is 8.42 Å². The molecule has 2 amide bonds. The monoisotopic (exact) mass is 589 g/mol. The first-order valence-electron chi connectivity index (χ1n) is 14.0. The summed E-state index contributed by atoms with van der Waals surface area (Å²) in [5, 5.41) is 10.1. The third-order valence-corrected chi connectivity index (χ3v) is 7.78. The van der Waals surface area contributed by atoms with Crippen molar-refractivity contribution < 1.29 is 32.6 Å². The molecule has 4 atom stereocenters. The number of aliphatic hydroxyl groups excluding tert-OH is 1. The van der Waals surface area contributed by atoms with Crippen molar-refractivity contribution in [3.05, 3.63) is 59.7 Å². The molecule has 1 aliphatic heterocycles. The van der Waals surface area contributed by atoms with Crippen LogP contribution in [0, 0.1) is 5.92 Å². The Hall–Kier alpha value is -3.15. The van der Waals surface area contributed by atoms with Crippen LogP contribution in [0.3, 0.4) is 0 Å². The minimum absolute atomic E-state index is 0.122. The van der Waals surface area contributed by atoms with E-state index in [4.69, 9.17) is 9.47 Å². The van der Waals surface area contributed by atoms with Crippen LogP contribution < -0.4 is 9.46 Å². The average molecular weight is 590 g/mol. The maximum Gasteiger partial charge on any atom is 0.258 e. The van der Waals surface area contributed by atoms with Gasteiger partial charge in [-0.05, 0) is 63.4 Å². The summed E-state index contributed by atoms with van der Waals surface area (Å²) in [5.74, 6) is -0.379. The molecule has 0 spiro atoms. The lowest BCUT2D eigenvalue weighted by Crippen LogP contribution is -2.48. The number of fused-ring (bicyclic) bond motifs is 1. The van der Waals surface area contributed by atoms with Crippen LogP contribution in [0.15, 0.2) is 48.5 Å². The van der Waals surface area contributed by atoms with Crippen LogP contribution in [-0.2, 0) is 14.8 Å². The first-order chi connectivity index (χ1) is 19.4. The van der Waals surface area contributed by atoms with Gasteiger partial charge in [-0.1, -0.05) is 25.1 Å². The summed E-state index contributed by atoms with van der Waals surface area (Å²) in [6.45, 7) is 6.41. The minimum Gasteiger partial charge on any atom is -0.490 e. The zero-order valence-electron chi connectivity index (χ0n) is 24.6. The predicted octanol–water partition coefficient (Wildman–Crippen LogP) is 3.63. The minimum atomic E-state index is -3.57. The largest absolute Gasteiger partial charge is 0.490 e. The topological polar surface area (TPSA) is 125 Å². The number of aliphatic hydroxyl groups is 1. The number of anilines is 1. The third kappa shape index (κ3) is 9.44. The van der Waals surface area contributed by atoms with Gasteiger partial charge in [0.15, 0.2) is 0 Å². The van der Waals surface area contributed by atoms with Crippen molar-refractivity contribution in [2.75, 3.05) is 44.3 Å². The van der Waals surface area contributed by atoms with Crippen LogP contribution in [0.4, 0.5) is 5.69 Å². The molecule has 0 bridgehead atoms. The fourth-order valence-electron chi connectivity index (χ4n) is 4.82. The first-order valence-corrected chi connectivity index (χ1v) is 15.9. The number of sulfonamides is 1. The Labute approximate surface area is 243 Å². The lowest BCUT2D eigenvalue weighted by molar-refractivity contribution is -0.0149. The van der Waals surface area contributed by atoms with Crippen molar-refractivity contribution in [1.82, 2.24) is 9.80 Å². The van der Waals surface area contributed by atoms with E-state index in [0.717, 1.165) is 25.5 Å². The second-order valence-corrected chi connectivity index (χ2v) is 12.7. The van der Waals surface area contributed by atoms with E-state index in [1.807, 2.05) is 32.0 Å². The highest BCUT2D eigenvalue weighted by molar-refractivity contribution is 7.92. The molecule has 1 aliphatic rings. The normalized spacial score (nSPS) is 21.7. The Bertz CT molecular complexity index is 1270.